The van der Waals surface area contributed by atoms with Crippen molar-refractivity contribution in [3.8, 4) is 0 Å². The van der Waals surface area contributed by atoms with E-state index in [2.05, 4.69) is 5.32 Å². The molecule has 19 heavy (non-hydrogen) atoms. The zero-order valence-corrected chi connectivity index (χ0v) is 12.2. The molecule has 0 bridgehead atoms. The van der Waals surface area contributed by atoms with Gasteiger partial charge in [0.15, 0.2) is 0 Å². The van der Waals surface area contributed by atoms with E-state index in [9.17, 15) is 9.59 Å². The fourth-order valence-corrected chi connectivity index (χ4v) is 1.56. The second-order valence-corrected chi connectivity index (χ2v) is 4.67. The third kappa shape index (κ3) is 7.54. The SMILES string of the molecule is CCCCNC(=O)OCC(CC)(CC)COC(N)=O. The van der Waals surface area contributed by atoms with Gasteiger partial charge in [-0.25, -0.2) is 9.59 Å². The van der Waals surface area contributed by atoms with E-state index in [4.69, 9.17) is 15.2 Å². The predicted octanol–water partition coefficient (Wildman–Crippen LogP) is 2.41. The lowest BCUT2D eigenvalue weighted by atomic mass is 9.84. The van der Waals surface area contributed by atoms with Gasteiger partial charge in [-0.1, -0.05) is 27.2 Å². The number of nitrogens with one attached hydrogen (secondary N) is 1. The quantitative estimate of drug-likeness (QED) is 0.632. The van der Waals surface area contributed by atoms with Crippen molar-refractivity contribution in [1.29, 1.82) is 0 Å². The van der Waals surface area contributed by atoms with Gasteiger partial charge in [-0.05, 0) is 19.3 Å². The van der Waals surface area contributed by atoms with Crippen molar-refractivity contribution in [2.24, 2.45) is 11.1 Å². The summed E-state index contributed by atoms with van der Waals surface area (Å²) in [4.78, 5) is 22.1. The van der Waals surface area contributed by atoms with Crippen molar-refractivity contribution in [1.82, 2.24) is 5.32 Å². The molecule has 0 aromatic carbocycles. The lowest BCUT2D eigenvalue weighted by Crippen LogP contribution is -2.36. The molecule has 112 valence electrons. The Balaban J connectivity index is 4.18. The van der Waals surface area contributed by atoms with E-state index in [1.807, 2.05) is 20.8 Å². The summed E-state index contributed by atoms with van der Waals surface area (Å²) in [5.74, 6) is 0. The second-order valence-electron chi connectivity index (χ2n) is 4.67. The lowest BCUT2D eigenvalue weighted by Gasteiger charge is -2.29. The van der Waals surface area contributed by atoms with E-state index in [1.54, 1.807) is 0 Å². The Morgan fingerprint density at radius 3 is 2.16 bits per heavy atom. The molecular weight excluding hydrogens is 248 g/mol. The van der Waals surface area contributed by atoms with E-state index >= 15 is 0 Å². The van der Waals surface area contributed by atoms with Gasteiger partial charge in [-0.15, -0.1) is 0 Å². The molecule has 0 aromatic rings. The Hall–Kier alpha value is -1.46. The number of nitrogens with two attached hydrogens (primary N) is 1. The van der Waals surface area contributed by atoms with Crippen molar-refractivity contribution in [2.45, 2.75) is 46.5 Å². The van der Waals surface area contributed by atoms with Gasteiger partial charge >= 0.3 is 12.2 Å². The molecular formula is C13H26N2O4. The fraction of sp³-hybridized carbons (Fsp3) is 0.846. The topological polar surface area (TPSA) is 90.7 Å². The maximum atomic E-state index is 11.5. The molecule has 0 atom stereocenters. The van der Waals surface area contributed by atoms with Gasteiger partial charge < -0.3 is 20.5 Å². The molecule has 6 nitrogen and oxygen atoms in total. The summed E-state index contributed by atoms with van der Waals surface area (Å²) in [6.45, 7) is 6.97. The minimum atomic E-state index is -0.807. The minimum absolute atomic E-state index is 0.164. The first-order valence-corrected chi connectivity index (χ1v) is 6.82. The number of ether oxygens (including phenoxy) is 2. The van der Waals surface area contributed by atoms with Crippen molar-refractivity contribution >= 4 is 12.2 Å². The number of alkyl carbamates (subject to hydrolysis) is 1. The van der Waals surface area contributed by atoms with Crippen LogP contribution < -0.4 is 11.1 Å². The summed E-state index contributed by atoms with van der Waals surface area (Å²) in [5, 5.41) is 2.68. The second kappa shape index (κ2) is 9.47. The standard InChI is InChI=1S/C13H26N2O4/c1-4-7-8-15-12(17)19-10-13(5-2,6-3)9-18-11(14)16/h4-10H2,1-3H3,(H2,14,16)(H,15,17). The number of carbonyl (C=O) groups excluding carboxylic acids is 2. The largest absolute Gasteiger partial charge is 0.449 e. The molecule has 0 heterocycles. The molecule has 6 heteroatoms. The van der Waals surface area contributed by atoms with Crippen molar-refractivity contribution in [2.75, 3.05) is 19.8 Å². The Bertz CT molecular complexity index is 278. The molecule has 0 saturated heterocycles. The van der Waals surface area contributed by atoms with Gasteiger partial charge in [0.2, 0.25) is 0 Å². The Kier molecular flexibility index (Phi) is 8.74. The molecule has 0 spiro atoms. The van der Waals surface area contributed by atoms with Crippen molar-refractivity contribution in [3.63, 3.8) is 0 Å². The first kappa shape index (κ1) is 17.5. The number of hydrogen-bond acceptors (Lipinski definition) is 4. The number of rotatable bonds is 9. The van der Waals surface area contributed by atoms with Crippen LogP contribution in [-0.4, -0.2) is 31.9 Å². The van der Waals surface area contributed by atoms with Gasteiger partial charge in [-0.3, -0.25) is 0 Å². The maximum Gasteiger partial charge on any atom is 0.407 e. The summed E-state index contributed by atoms with van der Waals surface area (Å²) < 4.78 is 10.0. The van der Waals surface area contributed by atoms with E-state index in [0.29, 0.717) is 6.54 Å². The molecule has 0 aliphatic carbocycles. The van der Waals surface area contributed by atoms with Crippen LogP contribution in [0.25, 0.3) is 0 Å². The molecule has 0 rings (SSSR count). The molecule has 0 radical (unpaired) electrons. The van der Waals surface area contributed by atoms with E-state index < -0.39 is 12.2 Å². The van der Waals surface area contributed by atoms with Gasteiger partial charge in [0.05, 0.1) is 0 Å². The van der Waals surface area contributed by atoms with Crippen LogP contribution in [0.4, 0.5) is 9.59 Å². The number of amides is 2. The smallest absolute Gasteiger partial charge is 0.407 e. The van der Waals surface area contributed by atoms with Crippen LogP contribution in [0.3, 0.4) is 0 Å². The third-order valence-electron chi connectivity index (χ3n) is 3.33. The van der Waals surface area contributed by atoms with Gasteiger partial charge in [-0.2, -0.15) is 0 Å². The van der Waals surface area contributed by atoms with Crippen LogP contribution >= 0.6 is 0 Å². The van der Waals surface area contributed by atoms with Crippen molar-refractivity contribution < 1.29 is 19.1 Å². The summed E-state index contributed by atoms with van der Waals surface area (Å²) in [7, 11) is 0. The highest BCUT2D eigenvalue weighted by atomic mass is 16.6. The Labute approximate surface area is 115 Å². The summed E-state index contributed by atoms with van der Waals surface area (Å²) in [6.07, 6.45) is 2.17. The first-order chi connectivity index (χ1) is 8.99. The van der Waals surface area contributed by atoms with Crippen molar-refractivity contribution in [3.05, 3.63) is 0 Å². The number of unbranched alkanes of at least 4 members (excludes halogenated alkanes) is 1. The number of carbonyl (C=O) groups is 2. The zero-order valence-electron chi connectivity index (χ0n) is 12.2. The lowest BCUT2D eigenvalue weighted by molar-refractivity contribution is 0.0235. The molecule has 0 fully saturated rings. The first-order valence-electron chi connectivity index (χ1n) is 6.82. The van der Waals surface area contributed by atoms with E-state index in [1.165, 1.54) is 0 Å². The molecule has 2 amide bonds. The summed E-state index contributed by atoms with van der Waals surface area (Å²) in [5.41, 5.74) is 4.60. The molecule has 0 aromatic heterocycles. The summed E-state index contributed by atoms with van der Waals surface area (Å²) in [6, 6.07) is 0. The van der Waals surface area contributed by atoms with Crippen LogP contribution in [0.5, 0.6) is 0 Å². The highest BCUT2D eigenvalue weighted by Crippen LogP contribution is 2.27. The molecule has 0 saturated carbocycles. The van der Waals surface area contributed by atoms with E-state index in [0.717, 1.165) is 25.7 Å². The van der Waals surface area contributed by atoms with Crippen LogP contribution in [0, 0.1) is 5.41 Å². The highest BCUT2D eigenvalue weighted by molar-refractivity contribution is 5.67. The average Bonchev–Trinajstić information content (AvgIpc) is 2.40. The van der Waals surface area contributed by atoms with E-state index in [-0.39, 0.29) is 18.6 Å². The highest BCUT2D eigenvalue weighted by Gasteiger charge is 2.29. The number of hydrogen-bond donors (Lipinski definition) is 2. The van der Waals surface area contributed by atoms with Gasteiger partial charge in [0, 0.05) is 12.0 Å². The average molecular weight is 274 g/mol. The van der Waals surface area contributed by atoms with Gasteiger partial charge in [0.25, 0.3) is 0 Å². The molecule has 0 aliphatic rings. The maximum absolute atomic E-state index is 11.5. The van der Waals surface area contributed by atoms with Crippen LogP contribution in [0.1, 0.15) is 46.5 Å². The number of primary amides is 1. The minimum Gasteiger partial charge on any atom is -0.449 e. The van der Waals surface area contributed by atoms with Gasteiger partial charge in [0.1, 0.15) is 13.2 Å². The molecule has 0 aliphatic heterocycles. The summed E-state index contributed by atoms with van der Waals surface area (Å²) >= 11 is 0. The van der Waals surface area contributed by atoms with Crippen LogP contribution in [0.2, 0.25) is 0 Å². The normalized spacial score (nSPS) is 10.9. The van der Waals surface area contributed by atoms with Crippen LogP contribution in [-0.2, 0) is 9.47 Å². The third-order valence-corrected chi connectivity index (χ3v) is 3.33. The zero-order chi connectivity index (χ0) is 14.7. The Morgan fingerprint density at radius 2 is 1.68 bits per heavy atom. The molecule has 3 N–H and O–H groups in total. The molecule has 0 unspecified atom stereocenters. The monoisotopic (exact) mass is 274 g/mol. The Morgan fingerprint density at radius 1 is 1.11 bits per heavy atom. The van der Waals surface area contributed by atoms with Crippen LogP contribution in [0.15, 0.2) is 0 Å². The predicted molar refractivity (Wildman–Crippen MR) is 72.8 cm³/mol. The fourth-order valence-electron chi connectivity index (χ4n) is 1.56.